The molecule has 7 heteroatoms. The number of fused-ring (bicyclic) bond motifs is 2. The molecule has 34 heavy (non-hydrogen) atoms. The van der Waals surface area contributed by atoms with Crippen LogP contribution in [0.3, 0.4) is 0 Å². The first-order valence-corrected chi connectivity index (χ1v) is 11.8. The minimum atomic E-state index is -0.285. The van der Waals surface area contributed by atoms with Crippen molar-refractivity contribution in [2.45, 2.75) is 12.3 Å². The average Bonchev–Trinajstić information content (AvgIpc) is 2.84. The van der Waals surface area contributed by atoms with Crippen molar-refractivity contribution >= 4 is 51.4 Å². The molecule has 1 aliphatic rings. The van der Waals surface area contributed by atoms with Crippen molar-refractivity contribution in [3.05, 3.63) is 82.5 Å². The van der Waals surface area contributed by atoms with Gasteiger partial charge in [0, 0.05) is 36.2 Å². The predicted molar refractivity (Wildman–Crippen MR) is 139 cm³/mol. The quantitative estimate of drug-likeness (QED) is 0.341. The van der Waals surface area contributed by atoms with E-state index in [-0.39, 0.29) is 11.8 Å². The first-order valence-electron chi connectivity index (χ1n) is 11.0. The number of pyridine rings is 1. The number of halogens is 2. The molecule has 0 saturated carbocycles. The fourth-order valence-electron chi connectivity index (χ4n) is 4.55. The number of ether oxygens (including phenoxy) is 1. The van der Waals surface area contributed by atoms with Gasteiger partial charge in [0.25, 0.3) is 0 Å². The maximum absolute atomic E-state index is 13.4. The Kier molecular flexibility index (Phi) is 6.07. The Balaban J connectivity index is 1.58. The zero-order chi connectivity index (χ0) is 23.8. The van der Waals surface area contributed by atoms with Gasteiger partial charge in [0.1, 0.15) is 5.75 Å². The maximum Gasteiger partial charge on any atom is 0.232 e. The van der Waals surface area contributed by atoms with Crippen molar-refractivity contribution in [3.63, 3.8) is 0 Å². The standard InChI is InChI=1S/C27H23Cl2N3O2/c1-32(2)26-20-10-5-9-18(17-8-6-11-21(28)24(17)29)25(20)30-15-22(26)31-27(33)19-13-14-34-23-12-4-3-7-16(19)23/h3-12,15,19H,13-14H2,1-2H3,(H,31,33). The van der Waals surface area contributed by atoms with Crippen molar-refractivity contribution in [3.8, 4) is 16.9 Å². The van der Waals surface area contributed by atoms with Crippen molar-refractivity contribution < 1.29 is 9.53 Å². The largest absolute Gasteiger partial charge is 0.493 e. The number of benzene rings is 3. The molecule has 2 heterocycles. The lowest BCUT2D eigenvalue weighted by Crippen LogP contribution is -2.27. The summed E-state index contributed by atoms with van der Waals surface area (Å²) in [6, 6.07) is 19.2. The number of rotatable bonds is 4. The first-order chi connectivity index (χ1) is 16.5. The lowest BCUT2D eigenvalue weighted by Gasteiger charge is -2.26. The molecule has 0 saturated heterocycles. The van der Waals surface area contributed by atoms with Crippen LogP contribution in [-0.2, 0) is 4.79 Å². The molecule has 1 unspecified atom stereocenters. The Morgan fingerprint density at radius 1 is 1.03 bits per heavy atom. The van der Waals surface area contributed by atoms with Gasteiger partial charge < -0.3 is 15.0 Å². The normalized spacial score (nSPS) is 14.9. The fraction of sp³-hybridized carbons (Fsp3) is 0.185. The Morgan fingerprint density at radius 3 is 2.62 bits per heavy atom. The van der Waals surface area contributed by atoms with E-state index in [2.05, 4.69) is 5.32 Å². The molecule has 0 fully saturated rings. The van der Waals surface area contributed by atoms with Gasteiger partial charge in [0.05, 0.1) is 45.7 Å². The molecule has 0 aliphatic carbocycles. The van der Waals surface area contributed by atoms with Gasteiger partial charge in [-0.2, -0.15) is 0 Å². The van der Waals surface area contributed by atoms with E-state index in [0.717, 1.165) is 39.0 Å². The van der Waals surface area contributed by atoms with Gasteiger partial charge in [-0.25, -0.2) is 0 Å². The highest BCUT2D eigenvalue weighted by atomic mass is 35.5. The van der Waals surface area contributed by atoms with E-state index < -0.39 is 0 Å². The van der Waals surface area contributed by atoms with Crippen LogP contribution in [0.1, 0.15) is 17.9 Å². The van der Waals surface area contributed by atoms with Crippen LogP contribution in [0.25, 0.3) is 22.0 Å². The van der Waals surface area contributed by atoms with E-state index in [1.54, 1.807) is 12.3 Å². The summed E-state index contributed by atoms with van der Waals surface area (Å²) in [4.78, 5) is 20.1. The summed E-state index contributed by atoms with van der Waals surface area (Å²) in [5.41, 5.74) is 4.91. The number of anilines is 2. The minimum Gasteiger partial charge on any atom is -0.493 e. The monoisotopic (exact) mass is 491 g/mol. The van der Waals surface area contributed by atoms with Gasteiger partial charge in [0.15, 0.2) is 0 Å². The highest BCUT2D eigenvalue weighted by Gasteiger charge is 2.28. The van der Waals surface area contributed by atoms with Crippen LogP contribution < -0.4 is 15.0 Å². The first kappa shape index (κ1) is 22.5. The van der Waals surface area contributed by atoms with Crippen LogP contribution in [0, 0.1) is 0 Å². The third kappa shape index (κ3) is 3.95. The fourth-order valence-corrected chi connectivity index (χ4v) is 4.95. The summed E-state index contributed by atoms with van der Waals surface area (Å²) in [7, 11) is 3.90. The molecule has 1 aliphatic heterocycles. The molecule has 172 valence electrons. The van der Waals surface area contributed by atoms with E-state index in [4.69, 9.17) is 32.9 Å². The second kappa shape index (κ2) is 9.16. The molecular weight excluding hydrogens is 469 g/mol. The molecule has 0 radical (unpaired) electrons. The zero-order valence-electron chi connectivity index (χ0n) is 18.8. The van der Waals surface area contributed by atoms with Crippen LogP contribution in [0.2, 0.25) is 10.0 Å². The molecule has 0 spiro atoms. The molecule has 0 bridgehead atoms. The topological polar surface area (TPSA) is 54.5 Å². The number of carbonyl (C=O) groups is 1. The molecule has 5 rings (SSSR count). The predicted octanol–water partition coefficient (Wildman–Crippen LogP) is 6.78. The van der Waals surface area contributed by atoms with E-state index in [1.165, 1.54) is 0 Å². The summed E-state index contributed by atoms with van der Waals surface area (Å²) in [5.74, 6) is 0.405. The van der Waals surface area contributed by atoms with E-state index in [0.29, 0.717) is 28.8 Å². The van der Waals surface area contributed by atoms with Crippen LogP contribution >= 0.6 is 23.2 Å². The van der Waals surface area contributed by atoms with E-state index in [9.17, 15) is 4.79 Å². The van der Waals surface area contributed by atoms with Crippen molar-refractivity contribution in [1.82, 2.24) is 4.98 Å². The van der Waals surface area contributed by atoms with Crippen molar-refractivity contribution in [2.75, 3.05) is 30.9 Å². The van der Waals surface area contributed by atoms with Crippen molar-refractivity contribution in [1.29, 1.82) is 0 Å². The number of hydrogen-bond donors (Lipinski definition) is 1. The number of nitrogens with one attached hydrogen (secondary N) is 1. The van der Waals surface area contributed by atoms with Gasteiger partial charge in [0.2, 0.25) is 5.91 Å². The van der Waals surface area contributed by atoms with E-state index >= 15 is 0 Å². The number of carbonyl (C=O) groups excluding carboxylic acids is 1. The summed E-state index contributed by atoms with van der Waals surface area (Å²) >= 11 is 12.8. The number of para-hydroxylation sites is 2. The van der Waals surface area contributed by atoms with Crippen LogP contribution in [0.15, 0.2) is 66.9 Å². The Labute approximate surface area is 208 Å². The molecule has 1 N–H and O–H groups in total. The number of aromatic nitrogens is 1. The average molecular weight is 492 g/mol. The number of hydrogen-bond acceptors (Lipinski definition) is 4. The van der Waals surface area contributed by atoms with Gasteiger partial charge in [-0.15, -0.1) is 0 Å². The molecular formula is C27H23Cl2N3O2. The zero-order valence-corrected chi connectivity index (χ0v) is 20.3. The highest BCUT2D eigenvalue weighted by Crippen LogP contribution is 2.41. The molecule has 4 aromatic rings. The Bertz CT molecular complexity index is 1400. The molecule has 3 aromatic carbocycles. The van der Waals surface area contributed by atoms with Crippen LogP contribution in [-0.4, -0.2) is 31.6 Å². The maximum atomic E-state index is 13.4. The Hall–Kier alpha value is -3.28. The van der Waals surface area contributed by atoms with Gasteiger partial charge in [-0.05, 0) is 18.6 Å². The van der Waals surface area contributed by atoms with E-state index in [1.807, 2.05) is 73.6 Å². The lowest BCUT2D eigenvalue weighted by atomic mass is 9.92. The minimum absolute atomic E-state index is 0.0750. The molecule has 1 amide bonds. The Morgan fingerprint density at radius 2 is 1.79 bits per heavy atom. The SMILES string of the molecule is CN(C)c1c(NC(=O)C2CCOc3ccccc32)cnc2c(-c3cccc(Cl)c3Cl)cccc12. The molecule has 1 atom stereocenters. The third-order valence-corrected chi connectivity index (χ3v) is 6.91. The summed E-state index contributed by atoms with van der Waals surface area (Å²) in [5, 5.41) is 5.01. The van der Waals surface area contributed by atoms with Crippen LogP contribution in [0.4, 0.5) is 11.4 Å². The van der Waals surface area contributed by atoms with Crippen LogP contribution in [0.5, 0.6) is 5.75 Å². The van der Waals surface area contributed by atoms with Crippen molar-refractivity contribution in [2.24, 2.45) is 0 Å². The van der Waals surface area contributed by atoms with Gasteiger partial charge in [-0.3, -0.25) is 9.78 Å². The number of nitrogens with zero attached hydrogens (tertiary/aromatic N) is 2. The number of amides is 1. The summed E-state index contributed by atoms with van der Waals surface area (Å²) in [6.07, 6.45) is 2.33. The third-order valence-electron chi connectivity index (χ3n) is 6.09. The van der Waals surface area contributed by atoms with Gasteiger partial charge in [-0.1, -0.05) is 71.7 Å². The second-order valence-electron chi connectivity index (χ2n) is 8.43. The van der Waals surface area contributed by atoms with Gasteiger partial charge >= 0.3 is 0 Å². The molecule has 5 nitrogen and oxygen atoms in total. The summed E-state index contributed by atoms with van der Waals surface area (Å²) in [6.45, 7) is 0.509. The second-order valence-corrected chi connectivity index (χ2v) is 9.22. The lowest BCUT2D eigenvalue weighted by molar-refractivity contribution is -0.118. The molecule has 1 aromatic heterocycles. The smallest absolute Gasteiger partial charge is 0.232 e. The summed E-state index contributed by atoms with van der Waals surface area (Å²) < 4.78 is 5.73. The highest BCUT2D eigenvalue weighted by molar-refractivity contribution is 6.44.